The molecular weight excluding hydrogens is 428 g/mol. The molecule has 0 bridgehead atoms. The van der Waals surface area contributed by atoms with Crippen molar-refractivity contribution in [2.75, 3.05) is 13.2 Å². The Kier molecular flexibility index (Phi) is 6.21. The summed E-state index contributed by atoms with van der Waals surface area (Å²) in [4.78, 5) is 37.6. The van der Waals surface area contributed by atoms with E-state index in [1.54, 1.807) is 20.8 Å². The summed E-state index contributed by atoms with van der Waals surface area (Å²) < 4.78 is 50.2. The van der Waals surface area contributed by atoms with Crippen molar-refractivity contribution in [2.45, 2.75) is 58.0 Å². The Morgan fingerprint density at radius 3 is 2.41 bits per heavy atom. The van der Waals surface area contributed by atoms with Crippen LogP contribution in [0.1, 0.15) is 46.6 Å². The van der Waals surface area contributed by atoms with E-state index >= 15 is 0 Å². The second-order valence-corrected chi connectivity index (χ2v) is 9.44. The van der Waals surface area contributed by atoms with Gasteiger partial charge in [-0.05, 0) is 33.3 Å². The zero-order valence-electron chi connectivity index (χ0n) is 18.6. The minimum Gasteiger partial charge on any atom is -0.444 e. The highest BCUT2D eigenvalue weighted by Crippen LogP contribution is 2.42. The van der Waals surface area contributed by atoms with E-state index in [0.29, 0.717) is 0 Å². The molecule has 2 fully saturated rings. The lowest BCUT2D eigenvalue weighted by Crippen LogP contribution is -2.54. The number of alkyl carbamates (subject to hydrolysis) is 1. The summed E-state index contributed by atoms with van der Waals surface area (Å²) in [6.07, 6.45) is -1.06. The van der Waals surface area contributed by atoms with Crippen LogP contribution >= 0.6 is 0 Å². The molecule has 2 heterocycles. The fourth-order valence-corrected chi connectivity index (χ4v) is 3.95. The first-order valence-corrected chi connectivity index (χ1v) is 10.2. The number of ether oxygens (including phenoxy) is 4. The quantitative estimate of drug-likeness (QED) is 0.550. The van der Waals surface area contributed by atoms with E-state index in [-0.39, 0.29) is 25.2 Å². The highest BCUT2D eigenvalue weighted by molar-refractivity contribution is 5.96. The lowest BCUT2D eigenvalue weighted by molar-refractivity contribution is -0.240. The minimum absolute atomic E-state index is 0.0355. The molecule has 176 valence electrons. The number of carbonyl (C=O) groups is 3. The Hall–Kier alpha value is -2.75. The molecule has 1 aromatic rings. The van der Waals surface area contributed by atoms with Gasteiger partial charge in [-0.15, -0.1) is 0 Å². The van der Waals surface area contributed by atoms with Crippen molar-refractivity contribution in [1.29, 1.82) is 0 Å². The third-order valence-electron chi connectivity index (χ3n) is 5.28. The number of rotatable bonds is 4. The average Bonchev–Trinajstić information content (AvgIpc) is 3.01. The summed E-state index contributed by atoms with van der Waals surface area (Å²) in [5.41, 5.74) is -2.63. The van der Waals surface area contributed by atoms with Crippen molar-refractivity contribution in [2.24, 2.45) is 11.8 Å². The summed E-state index contributed by atoms with van der Waals surface area (Å²) in [6.45, 7) is 7.55. The molecule has 0 spiro atoms. The van der Waals surface area contributed by atoms with Crippen molar-refractivity contribution in [3.8, 4) is 0 Å². The number of benzene rings is 1. The standard InChI is InChI=1S/C22H27F2NO7/c1-20(2,3)32-19(28)25-22(14-7-6-8-15(23)16(14)24)11-29-10-12(22)9-13-17(26)30-21(4,5)31-18(13)27/h6-8,12-13H,9-11H2,1-5H3,(H,25,28)/t12-,22+/m1/s1. The minimum atomic E-state index is -1.60. The Morgan fingerprint density at radius 2 is 1.81 bits per heavy atom. The average molecular weight is 455 g/mol. The van der Waals surface area contributed by atoms with Crippen LogP contribution in [0.25, 0.3) is 0 Å². The maximum Gasteiger partial charge on any atom is 0.408 e. The predicted octanol–water partition coefficient (Wildman–Crippen LogP) is 3.17. The van der Waals surface area contributed by atoms with E-state index in [0.717, 1.165) is 6.07 Å². The zero-order valence-corrected chi connectivity index (χ0v) is 18.6. The van der Waals surface area contributed by atoms with Gasteiger partial charge in [0, 0.05) is 25.3 Å². The van der Waals surface area contributed by atoms with Gasteiger partial charge in [0.15, 0.2) is 17.6 Å². The third-order valence-corrected chi connectivity index (χ3v) is 5.28. The van der Waals surface area contributed by atoms with Crippen LogP contribution in [-0.4, -0.2) is 42.6 Å². The predicted molar refractivity (Wildman–Crippen MR) is 106 cm³/mol. The van der Waals surface area contributed by atoms with Crippen molar-refractivity contribution >= 4 is 18.0 Å². The van der Waals surface area contributed by atoms with Gasteiger partial charge in [-0.2, -0.15) is 0 Å². The van der Waals surface area contributed by atoms with Crippen molar-refractivity contribution in [3.05, 3.63) is 35.4 Å². The van der Waals surface area contributed by atoms with Crippen LogP contribution < -0.4 is 5.32 Å². The van der Waals surface area contributed by atoms with E-state index in [2.05, 4.69) is 5.32 Å². The first kappa shape index (κ1) is 23.9. The van der Waals surface area contributed by atoms with Crippen molar-refractivity contribution < 1.29 is 42.1 Å². The van der Waals surface area contributed by atoms with Crippen molar-refractivity contribution in [1.82, 2.24) is 5.32 Å². The molecule has 2 saturated heterocycles. The maximum absolute atomic E-state index is 14.9. The zero-order chi connectivity index (χ0) is 23.9. The summed E-state index contributed by atoms with van der Waals surface area (Å²) in [7, 11) is 0. The summed E-state index contributed by atoms with van der Waals surface area (Å²) >= 11 is 0. The van der Waals surface area contributed by atoms with Gasteiger partial charge in [0.05, 0.1) is 18.8 Å². The van der Waals surface area contributed by atoms with Crippen LogP contribution in [0.3, 0.4) is 0 Å². The Morgan fingerprint density at radius 1 is 1.19 bits per heavy atom. The number of nitrogens with one attached hydrogen (secondary N) is 1. The third kappa shape index (κ3) is 4.85. The molecule has 10 heteroatoms. The normalized spacial score (nSPS) is 25.8. The Labute approximate surface area is 184 Å². The molecule has 1 N–H and O–H groups in total. The van der Waals surface area contributed by atoms with Crippen LogP contribution in [0.2, 0.25) is 0 Å². The fourth-order valence-electron chi connectivity index (χ4n) is 3.95. The molecule has 0 saturated carbocycles. The molecule has 2 aliphatic heterocycles. The van der Waals surface area contributed by atoms with E-state index in [9.17, 15) is 23.2 Å². The number of halogens is 2. The van der Waals surface area contributed by atoms with Crippen LogP contribution in [0, 0.1) is 23.5 Å². The van der Waals surface area contributed by atoms with Gasteiger partial charge in [-0.25, -0.2) is 13.6 Å². The SMILES string of the molecule is CC(C)(C)OC(=O)N[C@@]1(c2cccc(F)c2F)COC[C@H]1CC1C(=O)OC(C)(C)OC1=O. The van der Waals surface area contributed by atoms with Crippen LogP contribution in [0.5, 0.6) is 0 Å². The lowest BCUT2D eigenvalue weighted by atomic mass is 9.75. The summed E-state index contributed by atoms with van der Waals surface area (Å²) in [5, 5.41) is 2.62. The van der Waals surface area contributed by atoms with E-state index in [1.165, 1.54) is 26.0 Å². The molecule has 2 atom stereocenters. The number of carbonyl (C=O) groups excluding carboxylic acids is 3. The first-order chi connectivity index (χ1) is 14.7. The summed E-state index contributed by atoms with van der Waals surface area (Å²) in [6, 6.07) is 3.56. The molecule has 32 heavy (non-hydrogen) atoms. The lowest BCUT2D eigenvalue weighted by Gasteiger charge is -2.38. The molecule has 0 aromatic heterocycles. The van der Waals surface area contributed by atoms with E-state index in [4.69, 9.17) is 18.9 Å². The van der Waals surface area contributed by atoms with E-state index < -0.39 is 58.4 Å². The van der Waals surface area contributed by atoms with Crippen LogP contribution in [-0.2, 0) is 34.1 Å². The second kappa shape index (κ2) is 8.31. The van der Waals surface area contributed by atoms with Gasteiger partial charge >= 0.3 is 18.0 Å². The molecule has 8 nitrogen and oxygen atoms in total. The van der Waals surface area contributed by atoms with Gasteiger partial charge in [0.2, 0.25) is 0 Å². The molecule has 0 unspecified atom stereocenters. The van der Waals surface area contributed by atoms with Gasteiger partial charge in [-0.1, -0.05) is 12.1 Å². The van der Waals surface area contributed by atoms with Gasteiger partial charge < -0.3 is 24.3 Å². The highest BCUT2D eigenvalue weighted by atomic mass is 19.2. The second-order valence-electron chi connectivity index (χ2n) is 9.44. The van der Waals surface area contributed by atoms with Gasteiger partial charge in [-0.3, -0.25) is 9.59 Å². The molecular formula is C22H27F2NO7. The van der Waals surface area contributed by atoms with Gasteiger partial charge in [0.1, 0.15) is 5.60 Å². The van der Waals surface area contributed by atoms with E-state index in [1.807, 2.05) is 0 Å². The molecule has 0 radical (unpaired) electrons. The number of hydrogen-bond donors (Lipinski definition) is 1. The molecule has 2 aliphatic rings. The number of amides is 1. The monoisotopic (exact) mass is 455 g/mol. The highest BCUT2D eigenvalue weighted by Gasteiger charge is 2.53. The molecule has 0 aliphatic carbocycles. The number of esters is 2. The van der Waals surface area contributed by atoms with Crippen molar-refractivity contribution in [3.63, 3.8) is 0 Å². The topological polar surface area (TPSA) is 100 Å². The summed E-state index contributed by atoms with van der Waals surface area (Å²) in [5.74, 6) is -7.40. The van der Waals surface area contributed by atoms with Crippen LogP contribution in [0.4, 0.5) is 13.6 Å². The first-order valence-electron chi connectivity index (χ1n) is 10.2. The molecule has 3 rings (SSSR count). The Bertz CT molecular complexity index is 907. The molecule has 1 amide bonds. The smallest absolute Gasteiger partial charge is 0.408 e. The largest absolute Gasteiger partial charge is 0.444 e. The number of cyclic esters (lactones) is 2. The fraction of sp³-hybridized carbons (Fsp3) is 0.591. The molecule has 1 aromatic carbocycles. The van der Waals surface area contributed by atoms with Gasteiger partial charge in [0.25, 0.3) is 5.79 Å². The Balaban J connectivity index is 1.98. The van der Waals surface area contributed by atoms with Crippen LogP contribution in [0.15, 0.2) is 18.2 Å². The number of hydrogen-bond acceptors (Lipinski definition) is 7. The maximum atomic E-state index is 14.9.